The quantitative estimate of drug-likeness (QED) is 0.236. The largest absolute Gasteiger partial charge is 0.308 e. The lowest BCUT2D eigenvalue weighted by atomic mass is 9.89. The Morgan fingerprint density at radius 3 is 2.24 bits per heavy atom. The Balaban J connectivity index is 1.76. The molecule has 0 aromatic heterocycles. The second-order valence-electron chi connectivity index (χ2n) is 8.49. The van der Waals surface area contributed by atoms with E-state index in [0.717, 1.165) is 29.1 Å². The zero-order chi connectivity index (χ0) is 24.0. The Kier molecular flexibility index (Phi) is 5.42. The number of imide groups is 1. The predicted molar refractivity (Wildman–Crippen MR) is 129 cm³/mol. The number of likely N-dealkylation sites (N-methyl/N-ethyl adjacent to an activating group) is 1. The van der Waals surface area contributed by atoms with Gasteiger partial charge in [0.25, 0.3) is 11.8 Å². The summed E-state index contributed by atoms with van der Waals surface area (Å²) in [7, 11) is 3.75. The summed E-state index contributed by atoms with van der Waals surface area (Å²) in [4.78, 5) is 34.4. The van der Waals surface area contributed by atoms with E-state index in [9.17, 15) is 18.4 Å². The molecule has 5 rings (SSSR count). The average Bonchev–Trinajstić information content (AvgIpc) is 2.81. The van der Waals surface area contributed by atoms with E-state index in [1.165, 1.54) is 11.0 Å². The van der Waals surface area contributed by atoms with E-state index in [1.54, 1.807) is 24.3 Å². The highest BCUT2D eigenvalue weighted by Gasteiger charge is 2.34. The number of hydrogen-bond acceptors (Lipinski definition) is 4. The Hall–Kier alpha value is -3.97. The molecule has 5 nitrogen and oxygen atoms in total. The molecule has 1 aliphatic rings. The van der Waals surface area contributed by atoms with Crippen molar-refractivity contribution in [3.8, 4) is 0 Å². The predicted octanol–water partition coefficient (Wildman–Crippen LogP) is 5.18. The first kappa shape index (κ1) is 21.9. The van der Waals surface area contributed by atoms with Crippen molar-refractivity contribution in [2.75, 3.05) is 27.2 Å². The Labute approximate surface area is 194 Å². The highest BCUT2D eigenvalue weighted by molar-refractivity contribution is 6.31. The summed E-state index contributed by atoms with van der Waals surface area (Å²) < 4.78 is 28.3. The van der Waals surface area contributed by atoms with Gasteiger partial charge >= 0.3 is 0 Å². The second-order valence-corrected chi connectivity index (χ2v) is 8.49. The number of fused-ring (bicyclic) bond motifs is 2. The summed E-state index contributed by atoms with van der Waals surface area (Å²) in [6.45, 7) is 0.758. The van der Waals surface area contributed by atoms with Crippen molar-refractivity contribution in [3.63, 3.8) is 0 Å². The van der Waals surface area contributed by atoms with Crippen LogP contribution in [0.3, 0.4) is 0 Å². The molecule has 170 valence electrons. The van der Waals surface area contributed by atoms with Gasteiger partial charge in [0.2, 0.25) is 0 Å². The van der Waals surface area contributed by atoms with Crippen LogP contribution in [0, 0.1) is 11.6 Å². The van der Waals surface area contributed by atoms with Crippen molar-refractivity contribution in [2.45, 2.75) is 0 Å². The molecule has 0 N–H and O–H groups in total. The number of aliphatic imine (C=N–C) groups is 1. The molecular formula is C27H21F2N3O2. The van der Waals surface area contributed by atoms with E-state index in [-0.39, 0.29) is 18.0 Å². The highest BCUT2D eigenvalue weighted by Crippen LogP contribution is 2.39. The first-order chi connectivity index (χ1) is 16.4. The fraction of sp³-hybridized carbons (Fsp3) is 0.148. The summed E-state index contributed by atoms with van der Waals surface area (Å²) in [6.07, 6.45) is 1.13. The van der Waals surface area contributed by atoms with E-state index in [4.69, 9.17) is 0 Å². The van der Waals surface area contributed by atoms with Crippen LogP contribution in [0.2, 0.25) is 0 Å². The molecular weight excluding hydrogens is 436 g/mol. The van der Waals surface area contributed by atoms with Crippen LogP contribution in [0.1, 0.15) is 26.3 Å². The van der Waals surface area contributed by atoms with Crippen LogP contribution in [0.25, 0.3) is 21.5 Å². The molecule has 2 amide bonds. The first-order valence-electron chi connectivity index (χ1n) is 10.8. The van der Waals surface area contributed by atoms with E-state index >= 15 is 0 Å². The molecule has 34 heavy (non-hydrogen) atoms. The number of halogens is 2. The molecule has 0 bridgehead atoms. The molecule has 0 unspecified atom stereocenters. The normalized spacial score (nSPS) is 13.7. The number of nitrogens with zero attached hydrogens (tertiary/aromatic N) is 3. The molecule has 1 heterocycles. The lowest BCUT2D eigenvalue weighted by Gasteiger charge is -2.29. The molecule has 0 saturated carbocycles. The Morgan fingerprint density at radius 2 is 1.53 bits per heavy atom. The fourth-order valence-corrected chi connectivity index (χ4v) is 4.36. The summed E-state index contributed by atoms with van der Waals surface area (Å²) in [6, 6.07) is 16.2. The van der Waals surface area contributed by atoms with E-state index in [2.05, 4.69) is 4.99 Å². The zero-order valence-corrected chi connectivity index (χ0v) is 18.7. The minimum Gasteiger partial charge on any atom is -0.308 e. The maximum atomic E-state index is 14.2. The van der Waals surface area contributed by atoms with Gasteiger partial charge in [-0.25, -0.2) is 8.78 Å². The third-order valence-corrected chi connectivity index (χ3v) is 6.02. The third-order valence-electron chi connectivity index (χ3n) is 6.02. The molecule has 4 aromatic rings. The van der Waals surface area contributed by atoms with Gasteiger partial charge in [-0.15, -0.1) is 0 Å². The second kappa shape index (κ2) is 8.43. The van der Waals surface area contributed by atoms with Crippen LogP contribution in [-0.2, 0) is 0 Å². The molecule has 1 aliphatic heterocycles. The van der Waals surface area contributed by atoms with Gasteiger partial charge in [-0.05, 0) is 55.2 Å². The SMILES string of the molecule is CN(C)CCN1C(=O)c2cccc3cc4cccc(N=Cc5c(F)cccc5F)c4c(c23)C1=O. The van der Waals surface area contributed by atoms with E-state index < -0.39 is 17.5 Å². The van der Waals surface area contributed by atoms with E-state index in [0.29, 0.717) is 34.1 Å². The molecule has 0 fully saturated rings. The van der Waals surface area contributed by atoms with Crippen LogP contribution in [0.5, 0.6) is 0 Å². The molecule has 0 aliphatic carbocycles. The van der Waals surface area contributed by atoms with Crippen LogP contribution in [0.4, 0.5) is 14.5 Å². The number of benzene rings is 4. The molecule has 0 saturated heterocycles. The van der Waals surface area contributed by atoms with Crippen LogP contribution >= 0.6 is 0 Å². The van der Waals surface area contributed by atoms with Crippen molar-refractivity contribution in [1.82, 2.24) is 9.80 Å². The maximum Gasteiger partial charge on any atom is 0.262 e. The van der Waals surface area contributed by atoms with Gasteiger partial charge in [-0.2, -0.15) is 0 Å². The standard InChI is InChI=1S/C27H21F2N3O2/c1-31(2)12-13-32-26(33)18-8-3-6-16-14-17-7-4-11-22(24(17)25(23(16)18)27(32)34)30-15-19-20(28)9-5-10-21(19)29/h3-11,14-15H,12-13H2,1-2H3. The van der Waals surface area contributed by atoms with Gasteiger partial charge in [0, 0.05) is 35.6 Å². The van der Waals surface area contributed by atoms with E-state index in [1.807, 2.05) is 37.2 Å². The lowest BCUT2D eigenvalue weighted by Crippen LogP contribution is -2.43. The van der Waals surface area contributed by atoms with Crippen LogP contribution < -0.4 is 0 Å². The summed E-state index contributed by atoms with van der Waals surface area (Å²) in [5.41, 5.74) is 0.959. The number of carbonyl (C=O) groups excluding carboxylic acids is 2. The van der Waals surface area contributed by atoms with Gasteiger partial charge < -0.3 is 4.90 Å². The Morgan fingerprint density at radius 1 is 0.882 bits per heavy atom. The number of rotatable bonds is 5. The van der Waals surface area contributed by atoms with Crippen LogP contribution in [0.15, 0.2) is 65.7 Å². The maximum absolute atomic E-state index is 14.2. The Bertz CT molecular complexity index is 1490. The molecule has 0 spiro atoms. The third kappa shape index (κ3) is 3.54. The van der Waals surface area contributed by atoms with Gasteiger partial charge in [-0.1, -0.05) is 30.3 Å². The van der Waals surface area contributed by atoms with Crippen molar-refractivity contribution < 1.29 is 18.4 Å². The van der Waals surface area contributed by atoms with Gasteiger partial charge in [0.15, 0.2) is 0 Å². The smallest absolute Gasteiger partial charge is 0.262 e. The molecule has 0 atom stereocenters. The number of hydrogen-bond donors (Lipinski definition) is 0. The van der Waals surface area contributed by atoms with Crippen molar-refractivity contribution in [3.05, 3.63) is 89.0 Å². The zero-order valence-electron chi connectivity index (χ0n) is 18.7. The number of amides is 2. The minimum atomic E-state index is -0.727. The number of carbonyl (C=O) groups is 2. The van der Waals surface area contributed by atoms with Gasteiger partial charge in [0.1, 0.15) is 11.6 Å². The van der Waals surface area contributed by atoms with Gasteiger partial charge in [-0.3, -0.25) is 19.5 Å². The van der Waals surface area contributed by atoms with Crippen molar-refractivity contribution >= 4 is 45.3 Å². The first-order valence-corrected chi connectivity index (χ1v) is 10.8. The summed E-state index contributed by atoms with van der Waals surface area (Å²) >= 11 is 0. The van der Waals surface area contributed by atoms with Crippen molar-refractivity contribution in [2.24, 2.45) is 4.99 Å². The van der Waals surface area contributed by atoms with Crippen LogP contribution in [-0.4, -0.2) is 55.0 Å². The average molecular weight is 457 g/mol. The summed E-state index contributed by atoms with van der Waals surface area (Å²) in [5, 5.41) is 2.64. The molecule has 0 radical (unpaired) electrons. The minimum absolute atomic E-state index is 0.239. The molecule has 7 heteroatoms. The van der Waals surface area contributed by atoms with Gasteiger partial charge in [0.05, 0.1) is 16.8 Å². The lowest BCUT2D eigenvalue weighted by molar-refractivity contribution is 0.0602. The topological polar surface area (TPSA) is 53.0 Å². The fourth-order valence-electron chi connectivity index (χ4n) is 4.36. The van der Waals surface area contributed by atoms with Crippen molar-refractivity contribution in [1.29, 1.82) is 0 Å². The summed E-state index contributed by atoms with van der Waals surface area (Å²) in [5.74, 6) is -2.19. The highest BCUT2D eigenvalue weighted by atomic mass is 19.1. The molecule has 4 aromatic carbocycles. The monoisotopic (exact) mass is 457 g/mol.